The second-order valence-corrected chi connectivity index (χ2v) is 9.04. The Kier molecular flexibility index (Phi) is 21.0. The highest BCUT2D eigenvalue weighted by Crippen LogP contribution is 2.07. The largest absolute Gasteiger partial charge is 1.00 e. The minimum Gasteiger partial charge on any atom is -1.00 e. The van der Waals surface area contributed by atoms with Gasteiger partial charge in [-0.2, -0.15) is 0 Å². The Morgan fingerprint density at radius 2 is 0.853 bits per heavy atom. The fraction of sp³-hybridized carbons (Fsp3) is 0.643. The molecule has 0 bridgehead atoms. The summed E-state index contributed by atoms with van der Waals surface area (Å²) >= 11 is 0. The monoisotopic (exact) mass is 510 g/mol. The average molecular weight is 512 g/mol. The first-order valence-corrected chi connectivity index (χ1v) is 13.3. The van der Waals surface area contributed by atoms with Gasteiger partial charge in [-0.3, -0.25) is 0 Å². The number of anilines is 2. The van der Waals surface area contributed by atoms with Crippen molar-refractivity contribution in [3.8, 4) is 0 Å². The summed E-state index contributed by atoms with van der Waals surface area (Å²) in [6, 6.07) is 8.83. The first kappa shape index (κ1) is 32.5. The van der Waals surface area contributed by atoms with Gasteiger partial charge in [-0.15, -0.1) is 0 Å². The summed E-state index contributed by atoms with van der Waals surface area (Å²) in [6.45, 7) is 8.91. The van der Waals surface area contributed by atoms with Gasteiger partial charge in [0.05, 0.1) is 0 Å². The Labute approximate surface area is 221 Å². The molecule has 0 aliphatic heterocycles. The van der Waals surface area contributed by atoms with E-state index in [1.54, 1.807) is 0 Å². The summed E-state index contributed by atoms with van der Waals surface area (Å²) in [7, 11) is 0. The Hall–Kier alpha value is -1.52. The molecule has 0 atom stereocenters. The van der Waals surface area contributed by atoms with Crippen LogP contribution in [0.5, 0.6) is 0 Å². The Morgan fingerprint density at radius 1 is 0.500 bits per heavy atom. The van der Waals surface area contributed by atoms with Crippen LogP contribution in [0, 0.1) is 0 Å². The third-order valence-corrected chi connectivity index (χ3v) is 6.08. The van der Waals surface area contributed by atoms with E-state index in [9.17, 15) is 0 Å². The van der Waals surface area contributed by atoms with E-state index in [2.05, 4.69) is 82.7 Å². The van der Waals surface area contributed by atoms with Crippen LogP contribution in [-0.4, -0.2) is 13.1 Å². The third kappa shape index (κ3) is 15.4. The Morgan fingerprint density at radius 3 is 1.21 bits per heavy atom. The topological polar surface area (TPSA) is 31.8 Å². The van der Waals surface area contributed by atoms with Crippen molar-refractivity contribution in [2.24, 2.45) is 0 Å². The van der Waals surface area contributed by atoms with E-state index >= 15 is 0 Å². The fourth-order valence-electron chi connectivity index (χ4n) is 3.96. The molecular weight excluding hydrogens is 463 g/mol. The number of nitrogens with zero attached hydrogens (tertiary/aromatic N) is 2. The molecule has 0 amide bonds. The Bertz CT molecular complexity index is 631. The predicted octanol–water partition coefficient (Wildman–Crippen LogP) is 0.515. The molecule has 0 spiro atoms. The number of aryl methyl sites for hydroxylation is 2. The Balaban J connectivity index is 0.00000544. The van der Waals surface area contributed by atoms with E-state index in [1.165, 1.54) is 88.4 Å². The molecule has 2 N–H and O–H groups in total. The van der Waals surface area contributed by atoms with Crippen LogP contribution in [0.3, 0.4) is 0 Å². The molecule has 0 aliphatic carbocycles. The van der Waals surface area contributed by atoms with Gasteiger partial charge in [0.2, 0.25) is 0 Å². The lowest BCUT2D eigenvalue weighted by Crippen LogP contribution is -3.00. The predicted molar refractivity (Wildman–Crippen MR) is 137 cm³/mol. The average Bonchev–Trinajstić information content (AvgIpc) is 2.83. The van der Waals surface area contributed by atoms with Crippen LogP contribution in [-0.2, 0) is 13.1 Å². The van der Waals surface area contributed by atoms with Crippen LogP contribution in [0.25, 0.3) is 0 Å². The first-order valence-electron chi connectivity index (χ1n) is 13.3. The summed E-state index contributed by atoms with van der Waals surface area (Å²) in [6.07, 6.45) is 24.4. The number of nitrogens with one attached hydrogen (secondary N) is 2. The molecule has 34 heavy (non-hydrogen) atoms. The fourth-order valence-corrected chi connectivity index (χ4v) is 3.96. The molecule has 194 valence electrons. The molecule has 2 aromatic rings. The zero-order valence-electron chi connectivity index (χ0n) is 21.6. The summed E-state index contributed by atoms with van der Waals surface area (Å²) < 4.78 is 4.62. The van der Waals surface area contributed by atoms with Crippen LogP contribution >= 0.6 is 0 Å². The van der Waals surface area contributed by atoms with Crippen molar-refractivity contribution in [1.82, 2.24) is 0 Å². The molecule has 0 unspecified atom stereocenters. The van der Waals surface area contributed by atoms with Crippen molar-refractivity contribution < 1.29 is 33.9 Å². The van der Waals surface area contributed by atoms with Gasteiger partial charge in [0.15, 0.2) is 24.8 Å². The van der Waals surface area contributed by atoms with Gasteiger partial charge in [-0.1, -0.05) is 52.4 Å². The maximum Gasteiger partial charge on any atom is 0.170 e. The van der Waals surface area contributed by atoms with Crippen LogP contribution in [0.15, 0.2) is 49.1 Å². The molecular formula is C28H48Cl2N4. The summed E-state index contributed by atoms with van der Waals surface area (Å²) in [5.74, 6) is 0. The SMILES string of the molecule is CCCCCCNc1cc[n+](CCCCCC[n+]2ccc(NCCCCCC)cc2)cc1.[Cl-].[Cl-]. The highest BCUT2D eigenvalue weighted by molar-refractivity contribution is 5.40. The maximum atomic E-state index is 3.53. The molecule has 2 rings (SSSR count). The van der Waals surface area contributed by atoms with Crippen molar-refractivity contribution in [2.75, 3.05) is 23.7 Å². The van der Waals surface area contributed by atoms with E-state index in [4.69, 9.17) is 0 Å². The van der Waals surface area contributed by atoms with Gasteiger partial charge >= 0.3 is 0 Å². The second kappa shape index (κ2) is 22.0. The van der Waals surface area contributed by atoms with Crippen LogP contribution < -0.4 is 44.6 Å². The van der Waals surface area contributed by atoms with Gasteiger partial charge < -0.3 is 35.4 Å². The van der Waals surface area contributed by atoms with Crippen molar-refractivity contribution in [3.05, 3.63) is 49.1 Å². The molecule has 0 saturated heterocycles. The summed E-state index contributed by atoms with van der Waals surface area (Å²) in [5, 5.41) is 7.06. The van der Waals surface area contributed by atoms with Crippen molar-refractivity contribution >= 4 is 11.4 Å². The van der Waals surface area contributed by atoms with Crippen molar-refractivity contribution in [2.45, 2.75) is 104 Å². The number of hydrogen-bond donors (Lipinski definition) is 2. The lowest BCUT2D eigenvalue weighted by molar-refractivity contribution is -0.698. The lowest BCUT2D eigenvalue weighted by atomic mass is 10.2. The quantitative estimate of drug-likeness (QED) is 0.213. The van der Waals surface area contributed by atoms with Gasteiger partial charge in [-0.25, -0.2) is 9.13 Å². The second-order valence-electron chi connectivity index (χ2n) is 9.04. The number of aromatic nitrogens is 2. The summed E-state index contributed by atoms with van der Waals surface area (Å²) in [4.78, 5) is 0. The van der Waals surface area contributed by atoms with E-state index in [-0.39, 0.29) is 24.8 Å². The minimum atomic E-state index is 0. The standard InChI is InChI=1S/C28H46N4.2ClH/c1-3-5-7-11-19-29-27-15-23-31(24-16-27)21-13-9-10-14-22-32-25-17-28(18-26-32)30-20-12-8-6-4-2;;/h15-18,23-26H,3-14,19-22H2,1-2H3;2*1H. The number of unbranched alkanes of at least 4 members (excludes halogenated alkanes) is 9. The van der Waals surface area contributed by atoms with Gasteiger partial charge in [0, 0.05) is 61.6 Å². The van der Waals surface area contributed by atoms with Crippen LogP contribution in [0.1, 0.15) is 90.9 Å². The molecule has 0 radical (unpaired) electrons. The number of hydrogen-bond acceptors (Lipinski definition) is 2. The third-order valence-electron chi connectivity index (χ3n) is 6.08. The number of pyridine rings is 2. The normalized spacial score (nSPS) is 10.3. The zero-order chi connectivity index (χ0) is 22.7. The van der Waals surface area contributed by atoms with Crippen molar-refractivity contribution in [1.29, 1.82) is 0 Å². The van der Waals surface area contributed by atoms with Crippen LogP contribution in [0.4, 0.5) is 11.4 Å². The van der Waals surface area contributed by atoms with Gasteiger partial charge in [0.1, 0.15) is 13.1 Å². The number of halogens is 2. The number of rotatable bonds is 19. The van der Waals surface area contributed by atoms with E-state index in [1.807, 2.05) is 0 Å². The maximum absolute atomic E-state index is 3.53. The van der Waals surface area contributed by atoms with E-state index in [0.29, 0.717) is 0 Å². The highest BCUT2D eigenvalue weighted by atomic mass is 35.5. The first-order chi connectivity index (χ1) is 15.8. The van der Waals surface area contributed by atoms with Crippen LogP contribution in [0.2, 0.25) is 0 Å². The van der Waals surface area contributed by atoms with Gasteiger partial charge in [0.25, 0.3) is 0 Å². The zero-order valence-corrected chi connectivity index (χ0v) is 23.1. The molecule has 2 aromatic heterocycles. The van der Waals surface area contributed by atoms with E-state index < -0.39 is 0 Å². The minimum absolute atomic E-state index is 0. The molecule has 0 aliphatic rings. The summed E-state index contributed by atoms with van der Waals surface area (Å²) in [5.41, 5.74) is 2.49. The van der Waals surface area contributed by atoms with E-state index in [0.717, 1.165) is 26.2 Å². The van der Waals surface area contributed by atoms with Crippen molar-refractivity contribution in [3.63, 3.8) is 0 Å². The molecule has 2 heterocycles. The molecule has 6 heteroatoms. The lowest BCUT2D eigenvalue weighted by Gasteiger charge is -2.05. The highest BCUT2D eigenvalue weighted by Gasteiger charge is 2.03. The smallest absolute Gasteiger partial charge is 0.170 e. The molecule has 4 nitrogen and oxygen atoms in total. The molecule has 0 aromatic carbocycles. The van der Waals surface area contributed by atoms with Gasteiger partial charge in [-0.05, 0) is 25.7 Å². The molecule has 0 saturated carbocycles. The molecule has 0 fully saturated rings.